The van der Waals surface area contributed by atoms with Gasteiger partial charge in [-0.1, -0.05) is 15.9 Å². The first kappa shape index (κ1) is 13.5. The largest absolute Gasteiger partial charge is 0.496 e. The van der Waals surface area contributed by atoms with Crippen LogP contribution < -0.4 is 4.74 Å². The summed E-state index contributed by atoms with van der Waals surface area (Å²) < 4.78 is 10.0. The highest BCUT2D eigenvalue weighted by molar-refractivity contribution is 9.08. The van der Waals surface area contributed by atoms with Crippen molar-refractivity contribution in [2.75, 3.05) is 13.7 Å². The summed E-state index contributed by atoms with van der Waals surface area (Å²) in [6, 6.07) is 5.22. The van der Waals surface area contributed by atoms with Gasteiger partial charge in [-0.25, -0.2) is 4.79 Å². The van der Waals surface area contributed by atoms with E-state index < -0.39 is 5.97 Å². The number of hydrogen-bond acceptors (Lipinski definition) is 4. The standard InChI is InChI=1S/C12H12BrNO3/c1-3-17-12(15)8-4-5-11(16-2)9(6-13)10(8)7-14/h4-5H,3,6H2,1-2H3. The first-order valence-electron chi connectivity index (χ1n) is 5.02. The quantitative estimate of drug-likeness (QED) is 0.633. The van der Waals surface area contributed by atoms with Crippen LogP contribution in [0.25, 0.3) is 0 Å². The fourth-order valence-electron chi connectivity index (χ4n) is 1.46. The number of carbonyl (C=O) groups excluding carboxylic acids is 1. The van der Waals surface area contributed by atoms with Crippen molar-refractivity contribution in [3.63, 3.8) is 0 Å². The molecule has 4 nitrogen and oxygen atoms in total. The van der Waals surface area contributed by atoms with Gasteiger partial charge in [0.15, 0.2) is 0 Å². The smallest absolute Gasteiger partial charge is 0.339 e. The van der Waals surface area contributed by atoms with Crippen LogP contribution in [0.2, 0.25) is 0 Å². The Balaban J connectivity index is 3.34. The average molecular weight is 298 g/mol. The van der Waals surface area contributed by atoms with Crippen molar-refractivity contribution in [3.8, 4) is 11.8 Å². The van der Waals surface area contributed by atoms with E-state index in [1.54, 1.807) is 19.1 Å². The predicted molar refractivity (Wildman–Crippen MR) is 66.3 cm³/mol. The molecule has 0 aliphatic heterocycles. The van der Waals surface area contributed by atoms with Crippen LogP contribution in [-0.2, 0) is 10.1 Å². The zero-order chi connectivity index (χ0) is 12.8. The minimum absolute atomic E-state index is 0.268. The predicted octanol–water partition coefficient (Wildman–Crippen LogP) is 2.64. The van der Waals surface area contributed by atoms with E-state index >= 15 is 0 Å². The van der Waals surface area contributed by atoms with E-state index in [1.807, 2.05) is 6.07 Å². The number of nitriles is 1. The molecule has 0 fully saturated rings. The maximum absolute atomic E-state index is 11.7. The molecule has 1 aromatic carbocycles. The van der Waals surface area contributed by atoms with E-state index in [9.17, 15) is 4.79 Å². The van der Waals surface area contributed by atoms with Crippen LogP contribution in [-0.4, -0.2) is 19.7 Å². The van der Waals surface area contributed by atoms with Gasteiger partial charge in [-0.05, 0) is 19.1 Å². The van der Waals surface area contributed by atoms with Crippen molar-refractivity contribution < 1.29 is 14.3 Å². The number of nitrogens with zero attached hydrogens (tertiary/aromatic N) is 1. The summed E-state index contributed by atoms with van der Waals surface area (Å²) in [7, 11) is 1.52. The molecule has 0 aliphatic rings. The Labute approximate surface area is 108 Å². The summed E-state index contributed by atoms with van der Waals surface area (Å²) in [6.07, 6.45) is 0. The van der Waals surface area contributed by atoms with Crippen molar-refractivity contribution in [3.05, 3.63) is 28.8 Å². The summed E-state index contributed by atoms with van der Waals surface area (Å²) >= 11 is 3.28. The van der Waals surface area contributed by atoms with Gasteiger partial charge in [0.05, 0.1) is 24.8 Å². The van der Waals surface area contributed by atoms with Crippen molar-refractivity contribution in [1.29, 1.82) is 5.26 Å². The van der Waals surface area contributed by atoms with Crippen molar-refractivity contribution >= 4 is 21.9 Å². The van der Waals surface area contributed by atoms with E-state index in [2.05, 4.69) is 15.9 Å². The Hall–Kier alpha value is -1.54. The molecule has 0 heterocycles. The summed E-state index contributed by atoms with van der Waals surface area (Å²) in [5.74, 6) is 0.0837. The van der Waals surface area contributed by atoms with E-state index in [0.717, 1.165) is 0 Å². The number of methoxy groups -OCH3 is 1. The lowest BCUT2D eigenvalue weighted by Crippen LogP contribution is -2.09. The summed E-state index contributed by atoms with van der Waals surface area (Å²) in [5.41, 5.74) is 1.21. The lowest BCUT2D eigenvalue weighted by atomic mass is 10.0. The number of rotatable bonds is 4. The van der Waals surface area contributed by atoms with Crippen LogP contribution in [0.15, 0.2) is 12.1 Å². The molecule has 0 saturated heterocycles. The molecule has 0 N–H and O–H groups in total. The molecule has 0 aliphatic carbocycles. The molecule has 0 spiro atoms. The van der Waals surface area contributed by atoms with E-state index in [0.29, 0.717) is 22.2 Å². The van der Waals surface area contributed by atoms with E-state index in [4.69, 9.17) is 14.7 Å². The molecule has 0 unspecified atom stereocenters. The number of ether oxygens (including phenoxy) is 2. The lowest BCUT2D eigenvalue weighted by molar-refractivity contribution is 0.0526. The maximum atomic E-state index is 11.7. The van der Waals surface area contributed by atoms with Crippen LogP contribution in [0.4, 0.5) is 0 Å². The van der Waals surface area contributed by atoms with Gasteiger partial charge < -0.3 is 9.47 Å². The molecule has 0 amide bonds. The third kappa shape index (κ3) is 2.77. The molecule has 17 heavy (non-hydrogen) atoms. The first-order chi connectivity index (χ1) is 8.19. The molecular weight excluding hydrogens is 286 g/mol. The molecular formula is C12H12BrNO3. The van der Waals surface area contributed by atoms with Crippen LogP contribution in [0, 0.1) is 11.3 Å². The van der Waals surface area contributed by atoms with E-state index in [1.165, 1.54) is 7.11 Å². The molecule has 0 atom stereocenters. The van der Waals surface area contributed by atoms with Gasteiger partial charge in [0.1, 0.15) is 11.8 Å². The molecule has 0 aromatic heterocycles. The van der Waals surface area contributed by atoms with E-state index in [-0.39, 0.29) is 12.2 Å². The number of halogens is 1. The second-order valence-corrected chi connectivity index (χ2v) is 3.70. The Kier molecular flexibility index (Phi) is 4.98. The van der Waals surface area contributed by atoms with Crippen LogP contribution >= 0.6 is 15.9 Å². The summed E-state index contributed by atoms with van der Waals surface area (Å²) in [6.45, 7) is 2.00. The zero-order valence-electron chi connectivity index (χ0n) is 9.62. The van der Waals surface area contributed by atoms with Gasteiger partial charge in [0.2, 0.25) is 0 Å². The number of carbonyl (C=O) groups is 1. The molecule has 90 valence electrons. The number of hydrogen-bond donors (Lipinski definition) is 0. The maximum Gasteiger partial charge on any atom is 0.339 e. The molecule has 0 radical (unpaired) electrons. The SMILES string of the molecule is CCOC(=O)c1ccc(OC)c(CBr)c1C#N. The van der Waals surface area contributed by atoms with Crippen molar-refractivity contribution in [2.24, 2.45) is 0 Å². The van der Waals surface area contributed by atoms with Crippen molar-refractivity contribution in [1.82, 2.24) is 0 Å². The second kappa shape index (κ2) is 6.26. The Morgan fingerprint density at radius 2 is 2.24 bits per heavy atom. The third-order valence-corrected chi connectivity index (χ3v) is 2.79. The summed E-state index contributed by atoms with van der Waals surface area (Å²) in [5, 5.41) is 9.57. The minimum Gasteiger partial charge on any atom is -0.496 e. The number of alkyl halides is 1. The number of benzene rings is 1. The Morgan fingerprint density at radius 1 is 1.53 bits per heavy atom. The molecule has 5 heteroatoms. The topological polar surface area (TPSA) is 59.3 Å². The average Bonchev–Trinajstić information content (AvgIpc) is 2.36. The molecule has 1 aromatic rings. The number of esters is 1. The lowest BCUT2D eigenvalue weighted by Gasteiger charge is -2.11. The van der Waals surface area contributed by atoms with Gasteiger partial charge in [0.25, 0.3) is 0 Å². The van der Waals surface area contributed by atoms with Gasteiger partial charge in [0, 0.05) is 10.9 Å². The zero-order valence-corrected chi connectivity index (χ0v) is 11.2. The van der Waals surface area contributed by atoms with Crippen LogP contribution in [0.1, 0.15) is 28.4 Å². The van der Waals surface area contributed by atoms with Crippen LogP contribution in [0.5, 0.6) is 5.75 Å². The van der Waals surface area contributed by atoms with Gasteiger partial charge >= 0.3 is 5.97 Å². The highest BCUT2D eigenvalue weighted by Gasteiger charge is 2.18. The fraction of sp³-hybridized carbons (Fsp3) is 0.333. The summed E-state index contributed by atoms with van der Waals surface area (Å²) in [4.78, 5) is 11.7. The highest BCUT2D eigenvalue weighted by atomic mass is 79.9. The Bertz CT molecular complexity index is 466. The molecule has 0 saturated carbocycles. The van der Waals surface area contributed by atoms with Gasteiger partial charge in [-0.3, -0.25) is 0 Å². The minimum atomic E-state index is -0.492. The monoisotopic (exact) mass is 297 g/mol. The second-order valence-electron chi connectivity index (χ2n) is 3.13. The fourth-order valence-corrected chi connectivity index (χ4v) is 2.02. The molecule has 1 rings (SSSR count). The third-order valence-electron chi connectivity index (χ3n) is 2.23. The first-order valence-corrected chi connectivity index (χ1v) is 6.14. The van der Waals surface area contributed by atoms with Gasteiger partial charge in [-0.15, -0.1) is 0 Å². The van der Waals surface area contributed by atoms with Crippen LogP contribution in [0.3, 0.4) is 0 Å². The Morgan fingerprint density at radius 3 is 2.71 bits per heavy atom. The molecule has 0 bridgehead atoms. The highest BCUT2D eigenvalue weighted by Crippen LogP contribution is 2.27. The van der Waals surface area contributed by atoms with Crippen molar-refractivity contribution in [2.45, 2.75) is 12.3 Å². The van der Waals surface area contributed by atoms with Gasteiger partial charge in [-0.2, -0.15) is 5.26 Å². The normalized spacial score (nSPS) is 9.53.